The van der Waals surface area contributed by atoms with Crippen LogP contribution < -0.4 is 19.5 Å². The SMILES string of the molecule is CC[C@@]1(C)C[C@](CCNCc2ccc(OC)c(OC)c2)(c2ccccc2OC)CCO1. The minimum atomic E-state index is -0.109. The quantitative estimate of drug-likeness (QED) is 0.534. The van der Waals surface area contributed by atoms with Gasteiger partial charge in [0.1, 0.15) is 5.75 Å². The lowest BCUT2D eigenvalue weighted by Crippen LogP contribution is -2.46. The van der Waals surface area contributed by atoms with Crippen molar-refractivity contribution in [1.29, 1.82) is 0 Å². The van der Waals surface area contributed by atoms with Crippen molar-refractivity contribution in [1.82, 2.24) is 5.32 Å². The third-order valence-corrected chi connectivity index (χ3v) is 6.73. The smallest absolute Gasteiger partial charge is 0.161 e. The molecule has 1 N–H and O–H groups in total. The molecule has 31 heavy (non-hydrogen) atoms. The van der Waals surface area contributed by atoms with Gasteiger partial charge in [0.05, 0.1) is 26.9 Å². The predicted octanol–water partition coefficient (Wildman–Crippen LogP) is 5.11. The van der Waals surface area contributed by atoms with E-state index in [1.807, 2.05) is 18.2 Å². The van der Waals surface area contributed by atoms with Gasteiger partial charge in [-0.05, 0) is 62.9 Å². The molecule has 0 saturated carbocycles. The van der Waals surface area contributed by atoms with Crippen LogP contribution in [0.5, 0.6) is 17.2 Å². The summed E-state index contributed by atoms with van der Waals surface area (Å²) in [6.45, 7) is 6.93. The second-order valence-corrected chi connectivity index (χ2v) is 8.68. The van der Waals surface area contributed by atoms with Crippen LogP contribution in [0.1, 0.15) is 50.7 Å². The van der Waals surface area contributed by atoms with Gasteiger partial charge in [0, 0.05) is 24.1 Å². The normalized spacial score (nSPS) is 23.4. The highest BCUT2D eigenvalue weighted by atomic mass is 16.5. The molecule has 0 aliphatic carbocycles. The summed E-state index contributed by atoms with van der Waals surface area (Å²) < 4.78 is 22.7. The fourth-order valence-corrected chi connectivity index (χ4v) is 4.79. The van der Waals surface area contributed by atoms with E-state index in [9.17, 15) is 0 Å². The van der Waals surface area contributed by atoms with E-state index < -0.39 is 0 Å². The number of methoxy groups -OCH3 is 3. The van der Waals surface area contributed by atoms with Crippen molar-refractivity contribution in [2.24, 2.45) is 0 Å². The molecule has 1 fully saturated rings. The Hall–Kier alpha value is -2.24. The molecule has 0 spiro atoms. The molecule has 0 unspecified atom stereocenters. The Labute approximate surface area is 187 Å². The van der Waals surface area contributed by atoms with E-state index >= 15 is 0 Å². The summed E-state index contributed by atoms with van der Waals surface area (Å²) in [4.78, 5) is 0. The van der Waals surface area contributed by atoms with Crippen molar-refractivity contribution < 1.29 is 18.9 Å². The average molecular weight is 428 g/mol. The third-order valence-electron chi connectivity index (χ3n) is 6.73. The average Bonchev–Trinajstić information content (AvgIpc) is 2.81. The first-order valence-corrected chi connectivity index (χ1v) is 11.2. The largest absolute Gasteiger partial charge is 0.496 e. The number of para-hydroxylation sites is 1. The zero-order valence-electron chi connectivity index (χ0n) is 19.6. The Morgan fingerprint density at radius 2 is 1.71 bits per heavy atom. The van der Waals surface area contributed by atoms with E-state index in [1.165, 1.54) is 11.1 Å². The van der Waals surface area contributed by atoms with Crippen molar-refractivity contribution in [3.8, 4) is 17.2 Å². The van der Waals surface area contributed by atoms with Gasteiger partial charge >= 0.3 is 0 Å². The van der Waals surface area contributed by atoms with Crippen molar-refractivity contribution >= 4 is 0 Å². The second kappa shape index (κ2) is 10.4. The highest BCUT2D eigenvalue weighted by Crippen LogP contribution is 2.47. The Balaban J connectivity index is 1.74. The van der Waals surface area contributed by atoms with Gasteiger partial charge in [-0.15, -0.1) is 0 Å². The lowest BCUT2D eigenvalue weighted by atomic mass is 9.66. The molecular formula is C26H37NO4. The number of ether oxygens (including phenoxy) is 4. The van der Waals surface area contributed by atoms with E-state index in [-0.39, 0.29) is 11.0 Å². The molecule has 1 aliphatic rings. The second-order valence-electron chi connectivity index (χ2n) is 8.68. The fraction of sp³-hybridized carbons (Fsp3) is 0.538. The van der Waals surface area contributed by atoms with E-state index in [0.29, 0.717) is 0 Å². The molecular weight excluding hydrogens is 390 g/mol. The lowest BCUT2D eigenvalue weighted by Gasteiger charge is -2.47. The van der Waals surface area contributed by atoms with E-state index in [4.69, 9.17) is 18.9 Å². The van der Waals surface area contributed by atoms with Crippen molar-refractivity contribution in [3.05, 3.63) is 53.6 Å². The lowest BCUT2D eigenvalue weighted by molar-refractivity contribution is -0.0982. The number of nitrogens with one attached hydrogen (secondary N) is 1. The van der Waals surface area contributed by atoms with Crippen LogP contribution in [-0.4, -0.2) is 40.1 Å². The molecule has 1 saturated heterocycles. The maximum atomic E-state index is 6.20. The van der Waals surface area contributed by atoms with Gasteiger partial charge in [-0.25, -0.2) is 0 Å². The van der Waals surface area contributed by atoms with Crippen molar-refractivity contribution in [3.63, 3.8) is 0 Å². The summed E-state index contributed by atoms with van der Waals surface area (Å²) in [7, 11) is 5.09. The summed E-state index contributed by atoms with van der Waals surface area (Å²) in [6.07, 6.45) is 4.03. The van der Waals surface area contributed by atoms with Gasteiger partial charge in [0.15, 0.2) is 11.5 Å². The summed E-state index contributed by atoms with van der Waals surface area (Å²) in [5, 5.41) is 3.64. The number of hydrogen-bond donors (Lipinski definition) is 1. The van der Waals surface area contributed by atoms with Gasteiger partial charge in [0.25, 0.3) is 0 Å². The highest BCUT2D eigenvalue weighted by Gasteiger charge is 2.44. The van der Waals surface area contributed by atoms with Crippen LogP contribution >= 0.6 is 0 Å². The Morgan fingerprint density at radius 1 is 0.968 bits per heavy atom. The molecule has 5 nitrogen and oxygen atoms in total. The molecule has 0 aromatic heterocycles. The van der Waals surface area contributed by atoms with Crippen LogP contribution in [0.15, 0.2) is 42.5 Å². The maximum Gasteiger partial charge on any atom is 0.161 e. The van der Waals surface area contributed by atoms with Gasteiger partial charge in [-0.3, -0.25) is 0 Å². The van der Waals surface area contributed by atoms with Gasteiger partial charge in [0.2, 0.25) is 0 Å². The first-order chi connectivity index (χ1) is 15.0. The van der Waals surface area contributed by atoms with Crippen LogP contribution in [0.3, 0.4) is 0 Å². The molecule has 5 heteroatoms. The maximum absolute atomic E-state index is 6.20. The topological polar surface area (TPSA) is 49.0 Å². The molecule has 170 valence electrons. The molecule has 0 bridgehead atoms. The zero-order chi connectivity index (χ0) is 22.3. The first kappa shape index (κ1) is 23.4. The third kappa shape index (κ3) is 5.34. The first-order valence-electron chi connectivity index (χ1n) is 11.2. The monoisotopic (exact) mass is 427 g/mol. The van der Waals surface area contributed by atoms with E-state index in [1.54, 1.807) is 21.3 Å². The Morgan fingerprint density at radius 3 is 2.42 bits per heavy atom. The molecule has 3 rings (SSSR count). The zero-order valence-corrected chi connectivity index (χ0v) is 19.6. The minimum Gasteiger partial charge on any atom is -0.496 e. The molecule has 2 atom stereocenters. The molecule has 1 heterocycles. The van der Waals surface area contributed by atoms with Crippen LogP contribution in [0.25, 0.3) is 0 Å². The van der Waals surface area contributed by atoms with Crippen LogP contribution in [0, 0.1) is 0 Å². The summed E-state index contributed by atoms with van der Waals surface area (Å²) >= 11 is 0. The van der Waals surface area contributed by atoms with E-state index in [0.717, 1.165) is 62.6 Å². The molecule has 0 amide bonds. The Kier molecular flexibility index (Phi) is 7.84. The number of hydrogen-bond acceptors (Lipinski definition) is 5. The van der Waals surface area contributed by atoms with Gasteiger partial charge in [-0.1, -0.05) is 31.2 Å². The van der Waals surface area contributed by atoms with Crippen molar-refractivity contribution in [2.75, 3.05) is 34.5 Å². The minimum absolute atomic E-state index is 0.0280. The molecule has 2 aromatic rings. The summed E-state index contributed by atoms with van der Waals surface area (Å²) in [5.74, 6) is 2.49. The standard InChI is InChI=1S/C26H37NO4/c1-6-25(2)19-26(14-16-31-25,21-9-7-8-10-22(21)28-3)13-15-27-18-20-11-12-23(29-4)24(17-20)30-5/h7-12,17,27H,6,13-16,18-19H2,1-5H3/t25-,26+/m0/s1. The summed E-state index contributed by atoms with van der Waals surface area (Å²) in [5.41, 5.74) is 2.39. The van der Waals surface area contributed by atoms with Gasteiger partial charge in [-0.2, -0.15) is 0 Å². The van der Waals surface area contributed by atoms with E-state index in [2.05, 4.69) is 43.4 Å². The van der Waals surface area contributed by atoms with Crippen molar-refractivity contribution in [2.45, 2.75) is 57.1 Å². The van der Waals surface area contributed by atoms with Gasteiger partial charge < -0.3 is 24.3 Å². The molecule has 1 aliphatic heterocycles. The molecule has 2 aromatic carbocycles. The molecule has 0 radical (unpaired) electrons. The number of benzene rings is 2. The number of rotatable bonds is 10. The fourth-order valence-electron chi connectivity index (χ4n) is 4.79. The van der Waals surface area contributed by atoms with Crippen LogP contribution in [0.2, 0.25) is 0 Å². The highest BCUT2D eigenvalue weighted by molar-refractivity contribution is 5.43. The van der Waals surface area contributed by atoms with Crippen LogP contribution in [-0.2, 0) is 16.7 Å². The summed E-state index contributed by atoms with van der Waals surface area (Å²) in [6, 6.07) is 14.5. The Bertz CT molecular complexity index is 855. The predicted molar refractivity (Wildman–Crippen MR) is 124 cm³/mol. The van der Waals surface area contributed by atoms with Crippen LogP contribution in [0.4, 0.5) is 0 Å².